The number of amides is 1. The molecule has 0 spiro atoms. The van der Waals surface area contributed by atoms with Gasteiger partial charge >= 0.3 is 0 Å². The van der Waals surface area contributed by atoms with E-state index in [1.54, 1.807) is 0 Å². The van der Waals surface area contributed by atoms with Crippen LogP contribution in [0.25, 0.3) is 0 Å². The van der Waals surface area contributed by atoms with Crippen LogP contribution in [-0.2, 0) is 4.79 Å². The quantitative estimate of drug-likeness (QED) is 0.809. The van der Waals surface area contributed by atoms with Crippen LogP contribution >= 0.6 is 11.6 Å². The normalized spacial score (nSPS) is 27.8. The Morgan fingerprint density at radius 3 is 2.63 bits per heavy atom. The zero-order valence-electron chi connectivity index (χ0n) is 11.2. The molecule has 1 saturated carbocycles. The Balaban J connectivity index is 1.79. The molecule has 0 radical (unpaired) electrons. The summed E-state index contributed by atoms with van der Waals surface area (Å²) in [4.78, 5) is 12.4. The van der Waals surface area contributed by atoms with Crippen molar-refractivity contribution in [1.82, 2.24) is 0 Å². The third-order valence-electron chi connectivity index (χ3n) is 4.30. The van der Waals surface area contributed by atoms with Crippen molar-refractivity contribution in [2.75, 3.05) is 5.32 Å². The van der Waals surface area contributed by atoms with Gasteiger partial charge < -0.3 is 5.32 Å². The van der Waals surface area contributed by atoms with Crippen molar-refractivity contribution in [2.24, 2.45) is 17.8 Å². The van der Waals surface area contributed by atoms with Gasteiger partial charge in [0.2, 0.25) is 5.91 Å². The average molecular weight is 276 g/mol. The molecule has 100 valence electrons. The van der Waals surface area contributed by atoms with E-state index in [-0.39, 0.29) is 11.8 Å². The highest BCUT2D eigenvalue weighted by Crippen LogP contribution is 2.44. The molecule has 3 heteroatoms. The highest BCUT2D eigenvalue weighted by molar-refractivity contribution is 6.34. The van der Waals surface area contributed by atoms with Crippen molar-refractivity contribution in [3.05, 3.63) is 40.4 Å². The fourth-order valence-electron chi connectivity index (χ4n) is 3.37. The molecular formula is C16H18ClNO. The van der Waals surface area contributed by atoms with Gasteiger partial charge in [0.15, 0.2) is 0 Å². The van der Waals surface area contributed by atoms with E-state index in [1.807, 2.05) is 26.0 Å². The molecule has 3 unspecified atom stereocenters. The number of halogens is 1. The molecule has 1 aromatic carbocycles. The predicted octanol–water partition coefficient (Wildman–Crippen LogP) is 4.11. The number of rotatable bonds is 2. The van der Waals surface area contributed by atoms with E-state index in [1.165, 1.54) is 0 Å². The number of fused-ring (bicyclic) bond motifs is 2. The van der Waals surface area contributed by atoms with Gasteiger partial charge in [0.1, 0.15) is 0 Å². The topological polar surface area (TPSA) is 29.1 Å². The maximum Gasteiger partial charge on any atom is 0.228 e. The Hall–Kier alpha value is -1.28. The molecule has 1 aromatic rings. The van der Waals surface area contributed by atoms with Gasteiger partial charge in [0.05, 0.1) is 10.7 Å². The Labute approximate surface area is 118 Å². The van der Waals surface area contributed by atoms with Crippen molar-refractivity contribution in [1.29, 1.82) is 0 Å². The lowest BCUT2D eigenvalue weighted by molar-refractivity contribution is -0.120. The van der Waals surface area contributed by atoms with Crippen LogP contribution in [0.5, 0.6) is 0 Å². The first-order chi connectivity index (χ1) is 9.04. The minimum Gasteiger partial charge on any atom is -0.324 e. The van der Waals surface area contributed by atoms with Gasteiger partial charge in [-0.15, -0.1) is 0 Å². The second-order valence-electron chi connectivity index (χ2n) is 5.81. The van der Waals surface area contributed by atoms with Crippen molar-refractivity contribution in [2.45, 2.75) is 26.7 Å². The van der Waals surface area contributed by atoms with Crippen LogP contribution in [0.1, 0.15) is 24.0 Å². The van der Waals surface area contributed by atoms with E-state index in [0.29, 0.717) is 16.9 Å². The molecule has 0 saturated heterocycles. The van der Waals surface area contributed by atoms with E-state index in [0.717, 1.165) is 29.7 Å². The molecule has 2 bridgehead atoms. The van der Waals surface area contributed by atoms with Gasteiger partial charge in [0, 0.05) is 5.92 Å². The van der Waals surface area contributed by atoms with Gasteiger partial charge in [0.25, 0.3) is 0 Å². The summed E-state index contributed by atoms with van der Waals surface area (Å²) in [6, 6.07) is 3.94. The molecule has 0 heterocycles. The number of benzene rings is 1. The van der Waals surface area contributed by atoms with E-state index >= 15 is 0 Å². The molecule has 1 N–H and O–H groups in total. The number of anilines is 1. The van der Waals surface area contributed by atoms with Crippen LogP contribution in [-0.4, -0.2) is 5.91 Å². The van der Waals surface area contributed by atoms with Crippen LogP contribution in [0.3, 0.4) is 0 Å². The first-order valence-electron chi connectivity index (χ1n) is 6.80. The largest absolute Gasteiger partial charge is 0.324 e. The van der Waals surface area contributed by atoms with E-state index < -0.39 is 0 Å². The second-order valence-corrected chi connectivity index (χ2v) is 6.22. The van der Waals surface area contributed by atoms with Crippen molar-refractivity contribution >= 4 is 23.2 Å². The fraction of sp³-hybridized carbons (Fsp3) is 0.438. The van der Waals surface area contributed by atoms with Gasteiger partial charge in [-0.25, -0.2) is 0 Å². The van der Waals surface area contributed by atoms with Crippen LogP contribution < -0.4 is 5.32 Å². The van der Waals surface area contributed by atoms with E-state index in [4.69, 9.17) is 11.6 Å². The Morgan fingerprint density at radius 1 is 1.26 bits per heavy atom. The number of nitrogens with one attached hydrogen (secondary N) is 1. The molecule has 2 aliphatic rings. The number of hydrogen-bond donors (Lipinski definition) is 1. The van der Waals surface area contributed by atoms with Gasteiger partial charge in [-0.05, 0) is 55.7 Å². The maximum absolute atomic E-state index is 12.4. The summed E-state index contributed by atoms with van der Waals surface area (Å²) in [6.07, 6.45) is 6.56. The van der Waals surface area contributed by atoms with Gasteiger partial charge in [-0.2, -0.15) is 0 Å². The van der Waals surface area contributed by atoms with E-state index in [9.17, 15) is 4.79 Å². The molecule has 0 aliphatic heterocycles. The van der Waals surface area contributed by atoms with Crippen LogP contribution in [0.4, 0.5) is 5.69 Å². The molecule has 2 aliphatic carbocycles. The summed E-state index contributed by atoms with van der Waals surface area (Å²) < 4.78 is 0. The number of carbonyl (C=O) groups is 1. The maximum atomic E-state index is 12.4. The van der Waals surface area contributed by atoms with Crippen molar-refractivity contribution in [3.8, 4) is 0 Å². The lowest BCUT2D eigenvalue weighted by atomic mass is 9.92. The highest BCUT2D eigenvalue weighted by atomic mass is 35.5. The molecule has 1 fully saturated rings. The van der Waals surface area contributed by atoms with Crippen LogP contribution in [0.15, 0.2) is 24.3 Å². The fourth-order valence-corrected chi connectivity index (χ4v) is 3.74. The van der Waals surface area contributed by atoms with Crippen LogP contribution in [0.2, 0.25) is 5.02 Å². The number of aryl methyl sites for hydroxylation is 2. The standard InChI is InChI=1S/C16H18ClNO/c1-9-5-10(2)15(14(17)6-9)18-16(19)13-8-11-3-4-12(13)7-11/h3-6,11-13H,7-8H2,1-2H3,(H,18,19). The third kappa shape index (κ3) is 2.30. The first-order valence-corrected chi connectivity index (χ1v) is 7.18. The minimum absolute atomic E-state index is 0.116. The molecule has 0 aromatic heterocycles. The van der Waals surface area contributed by atoms with E-state index in [2.05, 4.69) is 17.5 Å². The number of allylic oxidation sites excluding steroid dienone is 2. The summed E-state index contributed by atoms with van der Waals surface area (Å²) in [6.45, 7) is 3.99. The van der Waals surface area contributed by atoms with Gasteiger partial charge in [-0.1, -0.05) is 29.8 Å². The lowest BCUT2D eigenvalue weighted by Crippen LogP contribution is -2.26. The lowest BCUT2D eigenvalue weighted by Gasteiger charge is -2.19. The van der Waals surface area contributed by atoms with Gasteiger partial charge in [-0.3, -0.25) is 4.79 Å². The number of hydrogen-bond acceptors (Lipinski definition) is 1. The van der Waals surface area contributed by atoms with Crippen molar-refractivity contribution < 1.29 is 4.79 Å². The average Bonchev–Trinajstić information content (AvgIpc) is 2.95. The Morgan fingerprint density at radius 2 is 2.05 bits per heavy atom. The second kappa shape index (κ2) is 4.68. The summed E-state index contributed by atoms with van der Waals surface area (Å²) in [5.74, 6) is 1.27. The molecule has 3 atom stereocenters. The Bertz CT molecular complexity index is 541. The minimum atomic E-state index is 0.116. The van der Waals surface area contributed by atoms with Crippen LogP contribution in [0, 0.1) is 31.6 Å². The number of carbonyl (C=O) groups excluding carboxylic acids is 1. The summed E-state index contributed by atoms with van der Waals surface area (Å²) in [5, 5.41) is 3.66. The zero-order valence-corrected chi connectivity index (χ0v) is 12.0. The van der Waals surface area contributed by atoms with Crippen molar-refractivity contribution in [3.63, 3.8) is 0 Å². The molecule has 1 amide bonds. The molecule has 19 heavy (non-hydrogen) atoms. The summed E-state index contributed by atoms with van der Waals surface area (Å²) >= 11 is 6.24. The highest BCUT2D eigenvalue weighted by Gasteiger charge is 2.39. The monoisotopic (exact) mass is 275 g/mol. The predicted molar refractivity (Wildman–Crippen MR) is 78.4 cm³/mol. The Kier molecular flexibility index (Phi) is 3.14. The molecule has 2 nitrogen and oxygen atoms in total. The summed E-state index contributed by atoms with van der Waals surface area (Å²) in [7, 11) is 0. The SMILES string of the molecule is Cc1cc(C)c(NC(=O)C2CC3C=CC2C3)c(Cl)c1. The zero-order chi connectivity index (χ0) is 13.6. The third-order valence-corrected chi connectivity index (χ3v) is 4.59. The molecule has 3 rings (SSSR count). The first kappa shape index (κ1) is 12.7. The summed E-state index contributed by atoms with van der Waals surface area (Å²) in [5.41, 5.74) is 2.91. The molecular weight excluding hydrogens is 258 g/mol. The smallest absolute Gasteiger partial charge is 0.228 e.